The summed E-state index contributed by atoms with van der Waals surface area (Å²) in [5, 5.41) is 0. The van der Waals surface area contributed by atoms with Gasteiger partial charge in [-0.2, -0.15) is 0 Å². The first-order valence-corrected chi connectivity index (χ1v) is 7.73. The van der Waals surface area contributed by atoms with Crippen molar-refractivity contribution >= 4 is 18.3 Å². The topological polar surface area (TPSA) is 46.3 Å². The maximum Gasteiger partial charge on any atom is 0.225 e. The van der Waals surface area contributed by atoms with Gasteiger partial charge in [-0.1, -0.05) is 19.3 Å². The molecule has 1 amide bonds. The molecule has 110 valence electrons. The number of amides is 1. The fraction of sp³-hybridized carbons (Fsp3) is 0.933. The van der Waals surface area contributed by atoms with E-state index < -0.39 is 0 Å². The molecule has 0 aromatic heterocycles. The van der Waals surface area contributed by atoms with Crippen molar-refractivity contribution in [3.05, 3.63) is 0 Å². The summed E-state index contributed by atoms with van der Waals surface area (Å²) in [6, 6.07) is 0.269. The predicted octanol–water partition coefficient (Wildman–Crippen LogP) is 2.72. The lowest BCUT2D eigenvalue weighted by atomic mass is 9.73. The molecule has 0 aromatic rings. The van der Waals surface area contributed by atoms with Crippen molar-refractivity contribution in [1.82, 2.24) is 4.90 Å². The molecule has 1 aliphatic heterocycles. The Kier molecular flexibility index (Phi) is 4.78. The summed E-state index contributed by atoms with van der Waals surface area (Å²) in [7, 11) is 0. The minimum atomic E-state index is 0. The molecular weight excluding hydrogens is 260 g/mol. The summed E-state index contributed by atoms with van der Waals surface area (Å²) in [5.74, 6) is 0.643. The number of nitrogens with zero attached hydrogens (tertiary/aromatic N) is 1. The number of halogens is 1. The molecule has 1 heterocycles. The molecule has 2 saturated carbocycles. The number of hydrogen-bond acceptors (Lipinski definition) is 2. The Bertz CT molecular complexity index is 328. The molecule has 3 aliphatic rings. The van der Waals surface area contributed by atoms with Crippen LogP contribution in [0.25, 0.3) is 0 Å². The van der Waals surface area contributed by atoms with E-state index in [4.69, 9.17) is 5.73 Å². The van der Waals surface area contributed by atoms with Gasteiger partial charge in [0.15, 0.2) is 0 Å². The first kappa shape index (κ1) is 15.1. The molecule has 2 unspecified atom stereocenters. The van der Waals surface area contributed by atoms with Crippen molar-refractivity contribution in [2.24, 2.45) is 17.1 Å². The molecule has 0 radical (unpaired) electrons. The van der Waals surface area contributed by atoms with Gasteiger partial charge in [0.25, 0.3) is 0 Å². The Morgan fingerprint density at radius 1 is 1.11 bits per heavy atom. The molecule has 3 nitrogen and oxygen atoms in total. The van der Waals surface area contributed by atoms with E-state index in [-0.39, 0.29) is 24.4 Å². The van der Waals surface area contributed by atoms with Gasteiger partial charge in [-0.3, -0.25) is 4.79 Å². The lowest BCUT2D eigenvalue weighted by Gasteiger charge is -2.33. The van der Waals surface area contributed by atoms with Gasteiger partial charge < -0.3 is 10.6 Å². The third-order valence-corrected chi connectivity index (χ3v) is 5.49. The fourth-order valence-corrected chi connectivity index (χ4v) is 4.33. The van der Waals surface area contributed by atoms with Crippen LogP contribution in [-0.2, 0) is 4.79 Å². The molecule has 2 N–H and O–H groups in total. The van der Waals surface area contributed by atoms with Gasteiger partial charge in [-0.25, -0.2) is 0 Å². The Morgan fingerprint density at radius 2 is 1.84 bits per heavy atom. The van der Waals surface area contributed by atoms with E-state index in [0.29, 0.717) is 11.3 Å². The molecule has 2 aliphatic carbocycles. The highest BCUT2D eigenvalue weighted by Crippen LogP contribution is 2.44. The summed E-state index contributed by atoms with van der Waals surface area (Å²) >= 11 is 0. The molecule has 2 atom stereocenters. The fourth-order valence-electron chi connectivity index (χ4n) is 4.33. The van der Waals surface area contributed by atoms with E-state index in [1.165, 1.54) is 38.5 Å². The Balaban J connectivity index is 0.00000133. The second-order valence-electron chi connectivity index (χ2n) is 6.84. The number of carbonyl (C=O) groups is 1. The second-order valence-corrected chi connectivity index (χ2v) is 6.84. The van der Waals surface area contributed by atoms with Crippen molar-refractivity contribution in [3.63, 3.8) is 0 Å². The molecule has 3 fully saturated rings. The van der Waals surface area contributed by atoms with Crippen LogP contribution in [0.2, 0.25) is 0 Å². The molecule has 0 bridgehead atoms. The van der Waals surface area contributed by atoms with Gasteiger partial charge in [0, 0.05) is 25.0 Å². The average Bonchev–Trinajstić information content (AvgIpc) is 2.97. The summed E-state index contributed by atoms with van der Waals surface area (Å²) in [6.07, 6.45) is 11.1. The van der Waals surface area contributed by atoms with Gasteiger partial charge in [-0.05, 0) is 43.9 Å². The third-order valence-electron chi connectivity index (χ3n) is 5.49. The van der Waals surface area contributed by atoms with Gasteiger partial charge in [0.1, 0.15) is 0 Å². The predicted molar refractivity (Wildman–Crippen MR) is 79.3 cm³/mol. The van der Waals surface area contributed by atoms with Crippen LogP contribution in [0.15, 0.2) is 0 Å². The van der Waals surface area contributed by atoms with Crippen LogP contribution >= 0.6 is 12.4 Å². The van der Waals surface area contributed by atoms with Crippen molar-refractivity contribution in [2.75, 3.05) is 13.1 Å². The van der Waals surface area contributed by atoms with Crippen molar-refractivity contribution in [2.45, 2.75) is 63.8 Å². The molecular formula is C15H27ClN2O. The third kappa shape index (κ3) is 3.08. The van der Waals surface area contributed by atoms with Crippen LogP contribution in [0.1, 0.15) is 57.8 Å². The van der Waals surface area contributed by atoms with Crippen molar-refractivity contribution < 1.29 is 4.79 Å². The van der Waals surface area contributed by atoms with Crippen LogP contribution in [-0.4, -0.2) is 29.9 Å². The standard InChI is InChI=1S/C15H26N2O.ClH/c16-13-5-4-12(10-13)14(18)17-9-8-15(11-17)6-2-1-3-7-15;/h12-13H,1-11,16H2;1H. The normalized spacial score (nSPS) is 33.4. The molecule has 1 saturated heterocycles. The minimum Gasteiger partial charge on any atom is -0.342 e. The van der Waals surface area contributed by atoms with E-state index in [2.05, 4.69) is 4.90 Å². The quantitative estimate of drug-likeness (QED) is 0.806. The average molecular weight is 287 g/mol. The van der Waals surface area contributed by atoms with E-state index in [1.54, 1.807) is 0 Å². The van der Waals surface area contributed by atoms with Crippen molar-refractivity contribution in [3.8, 4) is 0 Å². The van der Waals surface area contributed by atoms with E-state index in [0.717, 1.165) is 32.4 Å². The minimum absolute atomic E-state index is 0. The number of nitrogens with two attached hydrogens (primary N) is 1. The van der Waals surface area contributed by atoms with E-state index in [9.17, 15) is 4.79 Å². The number of rotatable bonds is 1. The van der Waals surface area contributed by atoms with Crippen LogP contribution in [0, 0.1) is 11.3 Å². The first-order valence-electron chi connectivity index (χ1n) is 7.73. The van der Waals surface area contributed by atoms with E-state index in [1.807, 2.05) is 0 Å². The van der Waals surface area contributed by atoms with Crippen LogP contribution < -0.4 is 5.73 Å². The first-order chi connectivity index (χ1) is 8.69. The SMILES string of the molecule is Cl.NC1CCC(C(=O)N2CCC3(CCCCC3)C2)C1. The van der Waals surface area contributed by atoms with Crippen LogP contribution in [0.4, 0.5) is 0 Å². The molecule has 0 aromatic carbocycles. The van der Waals surface area contributed by atoms with Gasteiger partial charge >= 0.3 is 0 Å². The van der Waals surface area contributed by atoms with Gasteiger partial charge in [0.05, 0.1) is 0 Å². The molecule has 1 spiro atoms. The molecule has 3 rings (SSSR count). The Labute approximate surface area is 122 Å². The maximum absolute atomic E-state index is 12.5. The summed E-state index contributed by atoms with van der Waals surface area (Å²) < 4.78 is 0. The summed E-state index contributed by atoms with van der Waals surface area (Å²) in [5.41, 5.74) is 6.42. The lowest BCUT2D eigenvalue weighted by molar-refractivity contribution is -0.134. The van der Waals surface area contributed by atoms with Crippen molar-refractivity contribution in [1.29, 1.82) is 0 Å². The highest BCUT2D eigenvalue weighted by molar-refractivity contribution is 5.85. The zero-order chi connectivity index (χ0) is 12.6. The zero-order valence-corrected chi connectivity index (χ0v) is 12.6. The number of likely N-dealkylation sites (tertiary alicyclic amines) is 1. The smallest absolute Gasteiger partial charge is 0.225 e. The Morgan fingerprint density at radius 3 is 2.47 bits per heavy atom. The van der Waals surface area contributed by atoms with Crippen LogP contribution in [0.3, 0.4) is 0 Å². The molecule has 19 heavy (non-hydrogen) atoms. The number of hydrogen-bond donors (Lipinski definition) is 1. The van der Waals surface area contributed by atoms with Gasteiger partial charge in [-0.15, -0.1) is 12.4 Å². The van der Waals surface area contributed by atoms with Gasteiger partial charge in [0.2, 0.25) is 5.91 Å². The van der Waals surface area contributed by atoms with Crippen LogP contribution in [0.5, 0.6) is 0 Å². The Hall–Kier alpha value is -0.280. The highest BCUT2D eigenvalue weighted by atomic mass is 35.5. The lowest BCUT2D eigenvalue weighted by Crippen LogP contribution is -2.36. The monoisotopic (exact) mass is 286 g/mol. The van der Waals surface area contributed by atoms with E-state index >= 15 is 0 Å². The summed E-state index contributed by atoms with van der Waals surface area (Å²) in [6.45, 7) is 2.04. The summed E-state index contributed by atoms with van der Waals surface area (Å²) in [4.78, 5) is 14.7. The maximum atomic E-state index is 12.5. The zero-order valence-electron chi connectivity index (χ0n) is 11.8. The highest BCUT2D eigenvalue weighted by Gasteiger charge is 2.42. The molecule has 4 heteroatoms. The number of carbonyl (C=O) groups excluding carboxylic acids is 1. The second kappa shape index (κ2) is 6.01. The largest absolute Gasteiger partial charge is 0.342 e.